The lowest BCUT2D eigenvalue weighted by atomic mass is 9.96. The molecule has 560 valence electrons. The van der Waals surface area contributed by atoms with Crippen LogP contribution < -0.4 is 65.9 Å². The molecular weight excluding hydrogens is 1380 g/mol. The van der Waals surface area contributed by atoms with Crippen LogP contribution in [0.2, 0.25) is 0 Å². The van der Waals surface area contributed by atoms with E-state index in [0.29, 0.717) is 35.2 Å². The number of amides is 8. The number of carbonyl (C=O) groups excluding carboxylic acids is 8. The van der Waals surface area contributed by atoms with Gasteiger partial charge in [-0.15, -0.1) is 22.7 Å². The van der Waals surface area contributed by atoms with E-state index in [-0.39, 0.29) is 60.1 Å². The number of hydrogen-bond acceptors (Lipinski definition) is 32. The predicted molar refractivity (Wildman–Crippen MR) is 358 cm³/mol. The summed E-state index contributed by atoms with van der Waals surface area (Å²) in [6.45, 7) is 5.81. The van der Waals surface area contributed by atoms with Crippen molar-refractivity contribution in [2.75, 3.05) is 45.1 Å². The molecule has 0 saturated carbocycles. The van der Waals surface area contributed by atoms with E-state index in [0.717, 1.165) is 18.1 Å². The van der Waals surface area contributed by atoms with Crippen LogP contribution in [0.5, 0.6) is 0 Å². The number of nitrogens with one attached hydrogen (secondary N) is 8. The van der Waals surface area contributed by atoms with Crippen molar-refractivity contribution in [2.45, 2.75) is 170 Å². The molecule has 26 N–H and O–H groups in total. The molecule has 0 bridgehead atoms. The standard InChI is InChI=1S/C61H88N18O21S2/c1-24-39(76-52(79-50(24)64)31(16-37(63)83)71-17-30(62)51(65)89)56(93)78-41(47(32-18-67-23-72-32)98-60-49(45(87)43(85)35(19-80)97-60)99-59-46(88)48(100-61(66)95)44(86)36(20-81)96-59)57(94)73-27(4)42(84)25(2)53(90)77-40(28(5)82)55(92)70-15-12-38-74-34(22-101-38)58-75-33(21-102-58)54(91)69-14-9-13-68-26(3)29-10-7-6-8-11-29/h6-8,10-11,18,21-23,25-28,30-31,35-36,40-49,59-60,68,71,80-82,84-88H,9,12-17,19-20,62H2,1-5H3,(H2,63,83)(H2,65,89)(H2,66,95)(H,67,72)(H,69,91)(H,70,92)(H,73,94)(H,77,90)(H,78,93)(H2,64,76,79)/t25?,26-,27?,28?,30?,31?,35-,36+,40?,41?,42?,43+,44-,45-,46-,47?,48-,49-,59+,60-/m0/s1. The Morgan fingerprint density at radius 2 is 1.43 bits per heavy atom. The number of hydrogen-bond donors (Lipinski definition) is 21. The molecule has 6 heterocycles. The van der Waals surface area contributed by atoms with Crippen molar-refractivity contribution in [1.29, 1.82) is 0 Å². The van der Waals surface area contributed by atoms with Crippen molar-refractivity contribution in [1.82, 2.24) is 67.1 Å². The average Bonchev–Trinajstić information content (AvgIpc) is 1.13. The second kappa shape index (κ2) is 37.6. The summed E-state index contributed by atoms with van der Waals surface area (Å²) < 4.78 is 28.8. The molecular formula is C61H88N18O21S2. The third kappa shape index (κ3) is 21.3. The first-order valence-electron chi connectivity index (χ1n) is 32.2. The maximum Gasteiger partial charge on any atom is 0.404 e. The highest BCUT2D eigenvalue weighted by Gasteiger charge is 2.54. The topological polar surface area (TPSA) is 639 Å². The average molecular weight is 1470 g/mol. The Morgan fingerprint density at radius 1 is 0.735 bits per heavy atom. The number of H-pyrrole nitrogens is 1. The SMILES string of the molecule is Cc1c(N)nc(C(CC(N)=O)NCC(N)C(N)=O)nc1C(=O)NC(C(=O)NC(C)C(O)C(C)C(=O)NC(C(=O)NCCc1nc(-c2nc(C(=O)NCCCN[C@@H](C)c3ccccc3)cs2)cs1)C(C)O)C(O[C@@H]1O[C@@H](CO)[C@@H](O)[C@H](O)[C@@H]1O[C@H]1O[C@H](CO)[C@H](O)[C@H](OC(N)=O)[C@@H]1O)c1cnc[nH]1. The molecule has 0 aliphatic carbocycles. The number of nitrogens with two attached hydrogens (primary N) is 5. The zero-order valence-electron chi connectivity index (χ0n) is 55.9. The fourth-order valence-corrected chi connectivity index (χ4v) is 12.3. The quantitative estimate of drug-likeness (QED) is 0.0165. The molecule has 2 aliphatic heterocycles. The summed E-state index contributed by atoms with van der Waals surface area (Å²) in [4.78, 5) is 131. The number of benzene rings is 1. The van der Waals surface area contributed by atoms with Crippen molar-refractivity contribution >= 4 is 75.9 Å². The lowest BCUT2D eigenvalue weighted by Gasteiger charge is -2.47. The van der Waals surface area contributed by atoms with Crippen molar-refractivity contribution in [3.05, 3.63) is 92.7 Å². The molecule has 2 fully saturated rings. The fourth-order valence-electron chi connectivity index (χ4n) is 10.7. The molecule has 102 heavy (non-hydrogen) atoms. The van der Waals surface area contributed by atoms with Gasteiger partial charge in [0.1, 0.15) is 94.6 Å². The van der Waals surface area contributed by atoms with Crippen LogP contribution in [-0.4, -0.2) is 255 Å². The third-order valence-electron chi connectivity index (χ3n) is 16.7. The van der Waals surface area contributed by atoms with Gasteiger partial charge in [0.15, 0.2) is 18.7 Å². The van der Waals surface area contributed by atoms with E-state index in [1.165, 1.54) is 50.4 Å². The number of aromatic amines is 1. The Balaban J connectivity index is 1.08. The summed E-state index contributed by atoms with van der Waals surface area (Å²) in [6, 6.07) is 2.26. The molecule has 39 nitrogen and oxygen atoms in total. The fraction of sp³-hybridized carbons (Fsp3) is 0.557. The highest BCUT2D eigenvalue weighted by atomic mass is 32.1. The van der Waals surface area contributed by atoms with Crippen LogP contribution in [0.1, 0.15) is 107 Å². The van der Waals surface area contributed by atoms with E-state index in [1.54, 1.807) is 10.8 Å². The van der Waals surface area contributed by atoms with Gasteiger partial charge in [0, 0.05) is 54.8 Å². The molecule has 41 heteroatoms. The van der Waals surface area contributed by atoms with Crippen molar-refractivity contribution in [3.8, 4) is 10.7 Å². The largest absolute Gasteiger partial charge is 0.441 e. The predicted octanol–water partition coefficient (Wildman–Crippen LogP) is -6.23. The van der Waals surface area contributed by atoms with Crippen molar-refractivity contribution in [2.24, 2.45) is 28.9 Å². The first kappa shape index (κ1) is 80.8. The normalized spacial score (nSPS) is 23.5. The lowest BCUT2D eigenvalue weighted by molar-refractivity contribution is -0.372. The summed E-state index contributed by atoms with van der Waals surface area (Å²) in [6.07, 6.45) is -24.5. The molecule has 0 spiro atoms. The van der Waals surface area contributed by atoms with E-state index < -0.39 is 183 Å². The van der Waals surface area contributed by atoms with Gasteiger partial charge in [-0.3, -0.25) is 33.6 Å². The number of ether oxygens (including phenoxy) is 5. The number of nitrogen functional groups attached to an aromatic ring is 1. The van der Waals surface area contributed by atoms with E-state index >= 15 is 4.79 Å². The van der Waals surface area contributed by atoms with E-state index in [2.05, 4.69) is 74.0 Å². The van der Waals surface area contributed by atoms with Gasteiger partial charge in [-0.05, 0) is 46.2 Å². The number of aromatic nitrogens is 6. The second-order valence-electron chi connectivity index (χ2n) is 24.2. The van der Waals surface area contributed by atoms with E-state index in [1.807, 2.05) is 30.3 Å². The van der Waals surface area contributed by atoms with Gasteiger partial charge in [0.05, 0.1) is 72.7 Å². The number of carbonyl (C=O) groups is 8. The summed E-state index contributed by atoms with van der Waals surface area (Å²) in [5, 5.41) is 112. The number of anilines is 1. The molecule has 1 aromatic carbocycles. The van der Waals surface area contributed by atoms with Gasteiger partial charge >= 0.3 is 6.09 Å². The van der Waals surface area contributed by atoms with Gasteiger partial charge in [-0.1, -0.05) is 37.3 Å². The zero-order valence-corrected chi connectivity index (χ0v) is 57.6. The number of aliphatic hydroxyl groups excluding tert-OH is 8. The molecule has 7 rings (SSSR count). The zero-order chi connectivity index (χ0) is 74.8. The Hall–Kier alpha value is -8.47. The minimum Gasteiger partial charge on any atom is -0.441 e. The minimum atomic E-state index is -2.20. The number of imidazole rings is 1. The first-order valence-corrected chi connectivity index (χ1v) is 33.9. The first-order chi connectivity index (χ1) is 48.4. The number of primary amides is 3. The third-order valence-corrected chi connectivity index (χ3v) is 18.4. The summed E-state index contributed by atoms with van der Waals surface area (Å²) in [7, 11) is 0. The molecule has 2 saturated heterocycles. The highest BCUT2D eigenvalue weighted by Crippen LogP contribution is 2.35. The van der Waals surface area contributed by atoms with E-state index in [9.17, 15) is 74.4 Å². The summed E-state index contributed by atoms with van der Waals surface area (Å²) >= 11 is 2.50. The van der Waals surface area contributed by atoms with Gasteiger partial charge < -0.3 is 135 Å². The number of aliphatic hydroxyl groups is 8. The van der Waals surface area contributed by atoms with Crippen LogP contribution in [0.25, 0.3) is 10.7 Å². The van der Waals surface area contributed by atoms with Gasteiger partial charge in [-0.2, -0.15) is 0 Å². The van der Waals surface area contributed by atoms with Gasteiger partial charge in [0.2, 0.25) is 29.5 Å². The second-order valence-corrected chi connectivity index (χ2v) is 26.0. The molecule has 20 atom stereocenters. The van der Waals surface area contributed by atoms with Gasteiger partial charge in [-0.25, -0.2) is 29.7 Å². The Morgan fingerprint density at radius 3 is 2.08 bits per heavy atom. The monoisotopic (exact) mass is 1470 g/mol. The Kier molecular flexibility index (Phi) is 29.8. The van der Waals surface area contributed by atoms with Crippen LogP contribution >= 0.6 is 22.7 Å². The van der Waals surface area contributed by atoms with Gasteiger partial charge in [0.25, 0.3) is 11.8 Å². The Labute approximate surface area is 590 Å². The van der Waals surface area contributed by atoms with E-state index in [4.69, 9.17) is 52.4 Å². The summed E-state index contributed by atoms with van der Waals surface area (Å²) in [5.41, 5.74) is 29.2. The number of nitrogens with zero attached hydrogens (tertiary/aromatic N) is 5. The summed E-state index contributed by atoms with van der Waals surface area (Å²) in [5.74, 6) is -8.75. The molecule has 9 unspecified atom stereocenters. The van der Waals surface area contributed by atoms with Crippen molar-refractivity contribution < 1.29 is 103 Å². The van der Waals surface area contributed by atoms with Crippen LogP contribution in [0.15, 0.2) is 53.6 Å². The minimum absolute atomic E-state index is 0.0169. The molecule has 0 radical (unpaired) electrons. The number of thiazole rings is 2. The highest BCUT2D eigenvalue weighted by molar-refractivity contribution is 7.14. The van der Waals surface area contributed by atoms with Crippen LogP contribution in [0.4, 0.5) is 10.6 Å². The maximum atomic E-state index is 15.2. The molecule has 8 amide bonds. The number of rotatable bonds is 37. The lowest BCUT2D eigenvalue weighted by Crippen LogP contribution is -2.65. The maximum absolute atomic E-state index is 15.2. The van der Waals surface area contributed by atoms with Crippen LogP contribution in [0, 0.1) is 12.8 Å². The molecule has 2 aliphatic rings. The smallest absolute Gasteiger partial charge is 0.404 e. The van der Waals surface area contributed by atoms with Crippen LogP contribution in [-0.2, 0) is 54.1 Å². The Bertz CT molecular complexity index is 3620. The van der Waals surface area contributed by atoms with Crippen molar-refractivity contribution in [3.63, 3.8) is 0 Å². The molecule has 5 aromatic rings. The molecule has 4 aromatic heterocycles. The van der Waals surface area contributed by atoms with Crippen LogP contribution in [0.3, 0.4) is 0 Å².